The van der Waals surface area contributed by atoms with Gasteiger partial charge in [0.25, 0.3) is 5.91 Å². The largest absolute Gasteiger partial charge is 0.384 e. The molecule has 2 amide bonds. The number of hydrogen-bond acceptors (Lipinski definition) is 4. The van der Waals surface area contributed by atoms with E-state index in [0.717, 1.165) is 0 Å². The summed E-state index contributed by atoms with van der Waals surface area (Å²) in [4.78, 5) is 27.2. The Labute approximate surface area is 111 Å². The van der Waals surface area contributed by atoms with Gasteiger partial charge in [-0.15, -0.1) is 0 Å². The zero-order chi connectivity index (χ0) is 14.3. The molecule has 0 aliphatic rings. The van der Waals surface area contributed by atoms with Crippen LogP contribution in [0.1, 0.15) is 23.0 Å². The van der Waals surface area contributed by atoms with Crippen molar-refractivity contribution in [2.75, 3.05) is 13.7 Å². The van der Waals surface area contributed by atoms with Crippen LogP contribution >= 0.6 is 0 Å². The summed E-state index contributed by atoms with van der Waals surface area (Å²) < 4.78 is 0. The van der Waals surface area contributed by atoms with E-state index >= 15 is 0 Å². The Bertz CT molecular complexity index is 531. The van der Waals surface area contributed by atoms with E-state index in [9.17, 15) is 9.59 Å². The number of hydrogen-bond donors (Lipinski definition) is 3. The fraction of sp³-hybridized carbons (Fsp3) is 0.308. The normalized spacial score (nSPS) is 10.9. The van der Waals surface area contributed by atoms with Gasteiger partial charge in [0.15, 0.2) is 0 Å². The molecule has 0 aliphatic carbocycles. The van der Waals surface area contributed by atoms with E-state index in [2.05, 4.69) is 27.5 Å². The van der Waals surface area contributed by atoms with Crippen molar-refractivity contribution < 1.29 is 14.7 Å². The Kier molecular flexibility index (Phi) is 5.51. The summed E-state index contributed by atoms with van der Waals surface area (Å²) in [6, 6.07) is 2.59. The molecule has 6 nitrogen and oxygen atoms in total. The molecule has 19 heavy (non-hydrogen) atoms. The molecule has 100 valence electrons. The fourth-order valence-corrected chi connectivity index (χ4v) is 1.37. The maximum Gasteiger partial charge on any atom is 0.271 e. The van der Waals surface area contributed by atoms with Crippen molar-refractivity contribution in [3.8, 4) is 11.8 Å². The Morgan fingerprint density at radius 3 is 2.89 bits per heavy atom. The van der Waals surface area contributed by atoms with Crippen LogP contribution in [-0.2, 0) is 4.79 Å². The van der Waals surface area contributed by atoms with E-state index in [1.54, 1.807) is 19.1 Å². The summed E-state index contributed by atoms with van der Waals surface area (Å²) in [5.74, 6) is 4.30. The van der Waals surface area contributed by atoms with Gasteiger partial charge in [-0.25, -0.2) is 4.98 Å². The minimum Gasteiger partial charge on any atom is -0.384 e. The number of likely N-dealkylation sites (N-methyl/N-ethyl adjacent to an activating group) is 1. The molecule has 1 atom stereocenters. The van der Waals surface area contributed by atoms with Gasteiger partial charge in [-0.05, 0) is 19.1 Å². The summed E-state index contributed by atoms with van der Waals surface area (Å²) in [6.45, 7) is 1.27. The third-order valence-electron chi connectivity index (χ3n) is 2.31. The molecule has 1 aromatic heterocycles. The molecule has 1 heterocycles. The minimum atomic E-state index is -0.668. The zero-order valence-corrected chi connectivity index (χ0v) is 10.7. The highest BCUT2D eigenvalue weighted by Crippen LogP contribution is 2.04. The Morgan fingerprint density at radius 2 is 2.26 bits per heavy atom. The summed E-state index contributed by atoms with van der Waals surface area (Å²) in [5.41, 5.74) is 0.525. The predicted octanol–water partition coefficient (Wildman–Crippen LogP) is -0.710. The van der Waals surface area contributed by atoms with E-state index in [1.165, 1.54) is 13.2 Å². The van der Waals surface area contributed by atoms with Crippen LogP contribution < -0.4 is 10.6 Å². The average Bonchev–Trinajstić information content (AvgIpc) is 2.44. The van der Waals surface area contributed by atoms with Crippen molar-refractivity contribution in [2.24, 2.45) is 0 Å². The number of aliphatic hydroxyl groups is 1. The van der Waals surface area contributed by atoms with Crippen molar-refractivity contribution >= 4 is 11.8 Å². The van der Waals surface area contributed by atoms with Crippen LogP contribution in [0, 0.1) is 11.8 Å². The van der Waals surface area contributed by atoms with Gasteiger partial charge in [-0.3, -0.25) is 9.59 Å². The zero-order valence-electron chi connectivity index (χ0n) is 10.7. The van der Waals surface area contributed by atoms with Gasteiger partial charge in [-0.2, -0.15) is 0 Å². The molecular weight excluding hydrogens is 246 g/mol. The first-order valence-corrected chi connectivity index (χ1v) is 5.67. The lowest BCUT2D eigenvalue weighted by Crippen LogP contribution is -2.44. The molecular formula is C13H15N3O3. The fourth-order valence-electron chi connectivity index (χ4n) is 1.37. The van der Waals surface area contributed by atoms with Gasteiger partial charge in [0.1, 0.15) is 18.3 Å². The molecule has 0 saturated carbocycles. The molecule has 0 spiro atoms. The van der Waals surface area contributed by atoms with Gasteiger partial charge in [-0.1, -0.05) is 11.8 Å². The van der Waals surface area contributed by atoms with Crippen LogP contribution in [0.15, 0.2) is 18.3 Å². The van der Waals surface area contributed by atoms with Crippen molar-refractivity contribution in [1.29, 1.82) is 0 Å². The number of amides is 2. The quantitative estimate of drug-likeness (QED) is 0.627. The van der Waals surface area contributed by atoms with Crippen LogP contribution in [0.25, 0.3) is 0 Å². The van der Waals surface area contributed by atoms with Crippen LogP contribution in [0.3, 0.4) is 0 Å². The summed E-state index contributed by atoms with van der Waals surface area (Å²) in [6.07, 6.45) is 1.46. The number of nitrogens with one attached hydrogen (secondary N) is 2. The molecule has 1 rings (SSSR count). The monoisotopic (exact) mass is 261 g/mol. The highest BCUT2D eigenvalue weighted by Gasteiger charge is 2.17. The Morgan fingerprint density at radius 1 is 1.53 bits per heavy atom. The summed E-state index contributed by atoms with van der Waals surface area (Å²) in [5, 5.41) is 13.6. The second kappa shape index (κ2) is 7.13. The Balaban J connectivity index is 2.91. The highest BCUT2D eigenvalue weighted by atomic mass is 16.2. The van der Waals surface area contributed by atoms with Gasteiger partial charge < -0.3 is 15.7 Å². The third kappa shape index (κ3) is 4.08. The van der Waals surface area contributed by atoms with Gasteiger partial charge in [0, 0.05) is 13.2 Å². The van der Waals surface area contributed by atoms with Crippen LogP contribution in [0.5, 0.6) is 0 Å². The summed E-state index contributed by atoms with van der Waals surface area (Å²) in [7, 11) is 1.49. The second-order valence-electron chi connectivity index (χ2n) is 3.67. The molecule has 0 bridgehead atoms. The van der Waals surface area contributed by atoms with Gasteiger partial charge >= 0.3 is 0 Å². The maximum atomic E-state index is 12.0. The van der Waals surface area contributed by atoms with Gasteiger partial charge in [0.2, 0.25) is 5.91 Å². The number of rotatable bonds is 3. The molecule has 1 unspecified atom stereocenters. The molecule has 0 aromatic carbocycles. The summed E-state index contributed by atoms with van der Waals surface area (Å²) >= 11 is 0. The van der Waals surface area contributed by atoms with E-state index < -0.39 is 11.9 Å². The second-order valence-corrected chi connectivity index (χ2v) is 3.67. The number of pyridine rings is 1. The Hall–Kier alpha value is -2.39. The van der Waals surface area contributed by atoms with E-state index in [0.29, 0.717) is 5.56 Å². The van der Waals surface area contributed by atoms with Crippen molar-refractivity contribution in [3.05, 3.63) is 29.6 Å². The molecule has 0 aliphatic heterocycles. The molecule has 0 saturated heterocycles. The number of carbonyl (C=O) groups is 2. The van der Waals surface area contributed by atoms with E-state index in [4.69, 9.17) is 5.11 Å². The number of nitrogens with zero attached hydrogens (tertiary/aromatic N) is 1. The molecule has 0 fully saturated rings. The molecule has 1 aromatic rings. The molecule has 6 heteroatoms. The average molecular weight is 261 g/mol. The van der Waals surface area contributed by atoms with Crippen LogP contribution in [0.2, 0.25) is 0 Å². The van der Waals surface area contributed by atoms with Crippen molar-refractivity contribution in [1.82, 2.24) is 15.6 Å². The SMILES string of the molecule is CNC(=O)C(C)NC(=O)c1ncccc1C#CCO. The third-order valence-corrected chi connectivity index (χ3v) is 2.31. The van der Waals surface area contributed by atoms with E-state index in [-0.39, 0.29) is 18.2 Å². The first-order chi connectivity index (χ1) is 9.10. The maximum absolute atomic E-state index is 12.0. The lowest BCUT2D eigenvalue weighted by molar-refractivity contribution is -0.122. The van der Waals surface area contributed by atoms with Gasteiger partial charge in [0.05, 0.1) is 5.56 Å². The van der Waals surface area contributed by atoms with Crippen molar-refractivity contribution in [2.45, 2.75) is 13.0 Å². The topological polar surface area (TPSA) is 91.3 Å². The molecule has 3 N–H and O–H groups in total. The smallest absolute Gasteiger partial charge is 0.271 e. The minimum absolute atomic E-state index is 0.124. The van der Waals surface area contributed by atoms with Crippen LogP contribution in [0.4, 0.5) is 0 Å². The highest BCUT2D eigenvalue weighted by molar-refractivity contribution is 5.97. The first kappa shape index (κ1) is 14.7. The number of aliphatic hydroxyl groups excluding tert-OH is 1. The van der Waals surface area contributed by atoms with E-state index in [1.807, 2.05) is 0 Å². The predicted molar refractivity (Wildman–Crippen MR) is 69.2 cm³/mol. The standard InChI is InChI=1S/C13H15N3O3/c1-9(12(18)14-2)16-13(19)11-10(6-4-8-17)5-3-7-15-11/h3,5,7,9,17H,8H2,1-2H3,(H,14,18)(H,16,19). The lowest BCUT2D eigenvalue weighted by Gasteiger charge is -2.12. The molecule has 0 radical (unpaired) electrons. The number of carbonyl (C=O) groups excluding carboxylic acids is 2. The first-order valence-electron chi connectivity index (χ1n) is 5.67. The van der Waals surface area contributed by atoms with Crippen molar-refractivity contribution in [3.63, 3.8) is 0 Å². The lowest BCUT2D eigenvalue weighted by atomic mass is 10.1. The number of aromatic nitrogens is 1. The van der Waals surface area contributed by atoms with Crippen LogP contribution in [-0.4, -0.2) is 41.6 Å².